The van der Waals surface area contributed by atoms with Gasteiger partial charge >= 0.3 is 0 Å². The molecule has 4 atom stereocenters. The minimum Gasteiger partial charge on any atom is -0.326 e. The number of hydrogen-bond acceptors (Lipinski definition) is 13. The smallest absolute Gasteiger partial charge is 0.214 e. The van der Waals surface area contributed by atoms with Gasteiger partial charge in [0.1, 0.15) is 5.78 Å². The van der Waals surface area contributed by atoms with Crippen LogP contribution < -0.4 is 29.3 Å². The molecule has 0 aliphatic heterocycles. The molecule has 0 radical (unpaired) electrons. The van der Waals surface area contributed by atoms with Gasteiger partial charge in [0.2, 0.25) is 50.1 Å². The van der Waals surface area contributed by atoms with E-state index in [1.165, 1.54) is 33.4 Å². The molecule has 0 heterocycles. The molecule has 12 rings (SSSR count). The van der Waals surface area contributed by atoms with E-state index in [1.807, 2.05) is 84.9 Å². The molecule has 0 saturated heterocycles. The van der Waals surface area contributed by atoms with Crippen molar-refractivity contribution in [2.45, 2.75) is 178 Å². The molecule has 4 aliphatic rings. The lowest BCUT2D eigenvalue weighted by Gasteiger charge is -2.14. The monoisotopic (exact) mass is 1480 g/mol. The van der Waals surface area contributed by atoms with Gasteiger partial charge in [-0.3, -0.25) is 4.79 Å². The summed E-state index contributed by atoms with van der Waals surface area (Å²) in [6, 6.07) is 58.5. The van der Waals surface area contributed by atoms with E-state index in [0.29, 0.717) is 44.2 Å². The molecule has 7 N–H and O–H groups in total. The van der Waals surface area contributed by atoms with Gasteiger partial charge in [0.05, 0.1) is 38.9 Å². The van der Waals surface area contributed by atoms with E-state index >= 15 is 0 Å². The van der Waals surface area contributed by atoms with Crippen molar-refractivity contribution >= 4 is 55.9 Å². The quantitative estimate of drug-likeness (QED) is 0.0368. The van der Waals surface area contributed by atoms with Gasteiger partial charge in [-0.25, -0.2) is 65.7 Å². The second-order valence-electron chi connectivity index (χ2n) is 28.2. The number of Topliss-reactive ketones (excluding diaryl/α,β-unsaturated/α-hetero) is 1. The number of hydrogen-bond donors (Lipinski definition) is 6. The van der Waals surface area contributed by atoms with Gasteiger partial charge in [-0.05, 0) is 244 Å². The average Bonchev–Trinajstić information content (AvgIpc) is 1.65. The van der Waals surface area contributed by atoms with Crippen LogP contribution in [0.15, 0.2) is 170 Å². The Labute approximate surface area is 605 Å². The highest BCUT2D eigenvalue weighted by Crippen LogP contribution is 2.34. The molecular weight excluding hydrogens is 1380 g/mol. The average molecular weight is 1480 g/mol. The summed E-state index contributed by atoms with van der Waals surface area (Å²) in [5.74, 6) is 0.149. The Morgan fingerprint density at radius 3 is 0.971 bits per heavy atom. The van der Waals surface area contributed by atoms with E-state index in [2.05, 4.69) is 109 Å². The predicted octanol–water partition coefficient (Wildman–Crippen LogP) is 11.1. The molecule has 0 spiro atoms. The number of carbonyl (C=O) groups is 1. The fourth-order valence-electron chi connectivity index (χ4n) is 12.9. The minimum atomic E-state index is -3.29. The highest BCUT2D eigenvalue weighted by Gasteiger charge is 2.32. The first-order chi connectivity index (χ1) is 48.0. The molecule has 8 aromatic carbocycles. The van der Waals surface area contributed by atoms with E-state index in [9.17, 15) is 46.9 Å². The molecule has 4 unspecified atom stereocenters. The topological polar surface area (TPSA) is 298 Å². The summed E-state index contributed by atoms with van der Waals surface area (Å²) in [4.78, 5) is 11.4. The molecule has 0 aromatic heterocycles. The molecule has 0 bridgehead atoms. The van der Waals surface area contributed by atoms with E-state index in [1.54, 1.807) is 68.4 Å². The van der Waals surface area contributed by atoms with Crippen LogP contribution in [-0.2, 0) is 126 Å². The van der Waals surface area contributed by atoms with Gasteiger partial charge in [0, 0.05) is 43.7 Å². The fraction of sp³-hybridized carbons (Fsp3) is 0.367. The third-order valence-electron chi connectivity index (χ3n) is 18.7. The Balaban J connectivity index is 0.000000158. The molecule has 542 valence electrons. The van der Waals surface area contributed by atoms with Crippen molar-refractivity contribution in [2.75, 3.05) is 6.26 Å². The standard InChI is InChI=1S/C21H25NO3S.C20H26N2O4S2.C19H24N2O2S.C19H20N2O2S/c1-14(2)26(24,25)22-21-12-19-8-7-18(11-20(19)13-21)17-6-4-5-16(10-17)9-15(3)23;1-14(2)28(25,26)22-20-11-18-8-7-17(10-19(18)12-20)16-6-4-5-15(9-16)13-21-27(3,23)24;2*1-13(2)24(22,23)21-19-10-17-7-6-16(9-18(17)11-19)15-5-3-4-14(8-15)12-20/h4-8,10-11,14,21-22H,9,12-13H2,1-3H3;4-10,14,20-22H,11-13H2,1-3H3;3-9,13,19,21H,10-12,20H2,1-2H3;3-9,13,19,21H,10-11H2,1-2H3. The van der Waals surface area contributed by atoms with Crippen molar-refractivity contribution in [3.05, 3.63) is 237 Å². The maximum Gasteiger partial charge on any atom is 0.214 e. The number of nitrogens with zero attached hydrogens (tertiary/aromatic N) is 1. The number of benzene rings is 8. The molecule has 102 heavy (non-hydrogen) atoms. The van der Waals surface area contributed by atoms with Gasteiger partial charge in [0.15, 0.2) is 0 Å². The van der Waals surface area contributed by atoms with Crippen molar-refractivity contribution in [1.82, 2.24) is 23.6 Å². The Bertz CT molecular complexity index is 5020. The lowest BCUT2D eigenvalue weighted by Crippen LogP contribution is -2.39. The minimum absolute atomic E-state index is 0.0435. The van der Waals surface area contributed by atoms with Crippen molar-refractivity contribution in [2.24, 2.45) is 5.73 Å². The van der Waals surface area contributed by atoms with Gasteiger partial charge in [-0.2, -0.15) is 5.26 Å². The highest BCUT2D eigenvalue weighted by molar-refractivity contribution is 7.91. The van der Waals surface area contributed by atoms with Gasteiger partial charge in [-0.1, -0.05) is 146 Å². The van der Waals surface area contributed by atoms with Crippen LogP contribution in [0.5, 0.6) is 0 Å². The summed E-state index contributed by atoms with van der Waals surface area (Å²) < 4.78 is 133. The van der Waals surface area contributed by atoms with Crippen LogP contribution in [0.1, 0.15) is 129 Å². The first-order valence-corrected chi connectivity index (χ1v) is 42.6. The lowest BCUT2D eigenvalue weighted by atomic mass is 9.98. The largest absolute Gasteiger partial charge is 0.326 e. The molecule has 18 nitrogen and oxygen atoms in total. The number of fused-ring (bicyclic) bond motifs is 4. The molecule has 0 saturated carbocycles. The maximum absolute atomic E-state index is 12.1. The third-order valence-corrected chi connectivity index (χ3v) is 27.0. The molecule has 8 aromatic rings. The number of nitriles is 1. The van der Waals surface area contributed by atoms with Crippen LogP contribution in [0.2, 0.25) is 0 Å². The summed E-state index contributed by atoms with van der Waals surface area (Å²) in [6.07, 6.45) is 7.31. The first-order valence-electron chi connectivity index (χ1n) is 34.5. The van der Waals surface area contributed by atoms with Gasteiger partial charge < -0.3 is 5.73 Å². The van der Waals surface area contributed by atoms with E-state index in [-0.39, 0.29) is 36.5 Å². The second kappa shape index (κ2) is 33.5. The number of sulfonamides is 5. The molecular formula is C79H95N7O11S5. The Morgan fingerprint density at radius 2 is 0.667 bits per heavy atom. The normalized spacial score (nSPS) is 17.0. The number of nitrogens with one attached hydrogen (secondary N) is 5. The van der Waals surface area contributed by atoms with Crippen LogP contribution in [0.3, 0.4) is 0 Å². The van der Waals surface area contributed by atoms with Crippen LogP contribution >= 0.6 is 0 Å². The molecule has 0 fully saturated rings. The van der Waals surface area contributed by atoms with E-state index < -0.39 is 71.1 Å². The fourth-order valence-corrected chi connectivity index (χ4v) is 16.9. The Kier molecular flexibility index (Phi) is 25.8. The molecule has 23 heteroatoms. The summed E-state index contributed by atoms with van der Waals surface area (Å²) in [7, 11) is -16.3. The van der Waals surface area contributed by atoms with Gasteiger partial charge in [-0.15, -0.1) is 0 Å². The molecule has 4 aliphatic carbocycles. The maximum atomic E-state index is 12.1. The van der Waals surface area contributed by atoms with Gasteiger partial charge in [0.25, 0.3) is 0 Å². The van der Waals surface area contributed by atoms with Crippen LogP contribution in [0.4, 0.5) is 0 Å². The zero-order valence-electron chi connectivity index (χ0n) is 59.6. The lowest BCUT2D eigenvalue weighted by molar-refractivity contribution is -0.116. The number of carbonyl (C=O) groups excluding carboxylic acids is 1. The summed E-state index contributed by atoms with van der Waals surface area (Å²) in [5.41, 5.74) is 27.4. The summed E-state index contributed by atoms with van der Waals surface area (Å²) >= 11 is 0. The van der Waals surface area contributed by atoms with Crippen molar-refractivity contribution < 1.29 is 46.9 Å². The van der Waals surface area contributed by atoms with Crippen molar-refractivity contribution in [1.29, 1.82) is 5.26 Å². The summed E-state index contributed by atoms with van der Waals surface area (Å²) in [6.45, 7) is 15.9. The highest BCUT2D eigenvalue weighted by atomic mass is 32.2. The Hall–Kier alpha value is -7.57. The van der Waals surface area contributed by atoms with Crippen LogP contribution in [0, 0.1) is 11.3 Å². The van der Waals surface area contributed by atoms with Crippen LogP contribution in [0.25, 0.3) is 44.5 Å². The SMILES string of the molecule is CC(=O)Cc1cccc(-c2ccc3c(c2)CC(NS(=O)(=O)C(C)C)C3)c1.CC(C)S(=O)(=O)NC1Cc2ccc(-c3cccc(C#N)c3)cc2C1.CC(C)S(=O)(=O)NC1Cc2ccc(-c3cccc(CN)c3)cc2C1.CC(C)S(=O)(=O)NC1Cc2ccc(-c3cccc(CNS(C)(=O)=O)c3)cc2C1. The van der Waals surface area contributed by atoms with E-state index in [0.717, 1.165) is 104 Å². The summed E-state index contributed by atoms with van der Waals surface area (Å²) in [5, 5.41) is 7.33. The zero-order valence-corrected chi connectivity index (χ0v) is 63.7. The first kappa shape index (κ1) is 78.6. The number of rotatable bonds is 22. The third kappa shape index (κ3) is 21.3. The Morgan fingerprint density at radius 1 is 0.392 bits per heavy atom. The van der Waals surface area contributed by atoms with Crippen molar-refractivity contribution in [3.63, 3.8) is 0 Å². The van der Waals surface area contributed by atoms with Crippen molar-refractivity contribution in [3.8, 4) is 50.6 Å². The number of nitrogens with two attached hydrogens (primary N) is 1. The van der Waals surface area contributed by atoms with Crippen LogP contribution in [-0.4, -0.2) is 99.3 Å². The predicted molar refractivity (Wildman–Crippen MR) is 410 cm³/mol. The molecule has 0 amide bonds. The van der Waals surface area contributed by atoms with E-state index in [4.69, 9.17) is 11.0 Å². The second-order valence-corrected chi connectivity index (χ2v) is 39.1. The zero-order chi connectivity index (χ0) is 74.1. The number of ketones is 1.